The average molecular weight is 399 g/mol. The van der Waals surface area contributed by atoms with Gasteiger partial charge in [-0.3, -0.25) is 19.2 Å². The van der Waals surface area contributed by atoms with E-state index >= 15 is 0 Å². The average Bonchev–Trinajstić information content (AvgIpc) is 2.69. The molecule has 4 rings (SSSR count). The molecule has 2 aromatic carbocycles. The van der Waals surface area contributed by atoms with E-state index < -0.39 is 0 Å². The number of nitrogens with zero attached hydrogens (tertiary/aromatic N) is 2. The van der Waals surface area contributed by atoms with Crippen molar-refractivity contribution >= 4 is 29.6 Å². The van der Waals surface area contributed by atoms with Crippen molar-refractivity contribution in [2.45, 2.75) is 19.5 Å². The van der Waals surface area contributed by atoms with Gasteiger partial charge >= 0.3 is 0 Å². The van der Waals surface area contributed by atoms with Gasteiger partial charge in [0, 0.05) is 23.3 Å². The molecule has 0 fully saturated rings. The molecule has 1 atom stereocenters. The van der Waals surface area contributed by atoms with Crippen LogP contribution in [0.15, 0.2) is 59.4 Å². The minimum Gasteiger partial charge on any atom is -0.358 e. The van der Waals surface area contributed by atoms with Gasteiger partial charge in [0.25, 0.3) is 5.56 Å². The number of hydrogen-bond donors (Lipinski definition) is 2. The van der Waals surface area contributed by atoms with Crippen LogP contribution in [-0.2, 0) is 6.54 Å². The molecule has 2 heterocycles. The zero-order valence-electron chi connectivity index (χ0n) is 14.8. The van der Waals surface area contributed by atoms with Crippen molar-refractivity contribution < 1.29 is 0 Å². The molecule has 0 saturated carbocycles. The Hall–Kier alpha value is -2.41. The summed E-state index contributed by atoms with van der Waals surface area (Å²) in [5, 5.41) is 4.05. The summed E-state index contributed by atoms with van der Waals surface area (Å²) >= 11 is 11.4. The van der Waals surface area contributed by atoms with Gasteiger partial charge < -0.3 is 5.32 Å². The first kappa shape index (κ1) is 18.0. The second kappa shape index (κ2) is 7.31. The van der Waals surface area contributed by atoms with Crippen LogP contribution < -0.4 is 10.9 Å². The Bertz CT molecular complexity index is 1080. The summed E-state index contributed by atoms with van der Waals surface area (Å²) in [6, 6.07) is 17.8. The largest absolute Gasteiger partial charge is 0.358 e. The number of rotatable bonds is 3. The van der Waals surface area contributed by atoms with Crippen molar-refractivity contribution in [3.8, 4) is 5.69 Å². The SMILES string of the molecule is C[C@H](c1ccccc1)N1CNc2c(c(=O)[nH]c(=S)n2-c2ccc(Cl)cc2)C1. The molecule has 0 aliphatic carbocycles. The maximum atomic E-state index is 12.6. The zero-order valence-corrected chi connectivity index (χ0v) is 16.3. The molecule has 0 amide bonds. The molecule has 1 aliphatic heterocycles. The maximum absolute atomic E-state index is 12.6. The number of fused-ring (bicyclic) bond motifs is 1. The van der Waals surface area contributed by atoms with Crippen LogP contribution in [0.4, 0.5) is 5.82 Å². The van der Waals surface area contributed by atoms with Crippen LogP contribution in [0.5, 0.6) is 0 Å². The molecule has 1 aromatic heterocycles. The molecule has 3 aromatic rings. The fourth-order valence-electron chi connectivity index (χ4n) is 3.39. The van der Waals surface area contributed by atoms with Crippen LogP contribution in [0, 0.1) is 4.77 Å². The maximum Gasteiger partial charge on any atom is 0.258 e. The monoisotopic (exact) mass is 398 g/mol. The number of aromatic nitrogens is 2. The van der Waals surface area contributed by atoms with E-state index in [4.69, 9.17) is 23.8 Å². The Morgan fingerprint density at radius 1 is 1.11 bits per heavy atom. The molecule has 0 bridgehead atoms. The highest BCUT2D eigenvalue weighted by Crippen LogP contribution is 2.29. The van der Waals surface area contributed by atoms with Gasteiger partial charge in [0.05, 0.1) is 12.2 Å². The van der Waals surface area contributed by atoms with E-state index in [1.165, 1.54) is 5.56 Å². The summed E-state index contributed by atoms with van der Waals surface area (Å²) in [6.07, 6.45) is 0. The van der Waals surface area contributed by atoms with Crippen molar-refractivity contribution in [3.05, 3.63) is 85.9 Å². The first-order chi connectivity index (χ1) is 13.0. The number of H-pyrrole nitrogens is 1. The lowest BCUT2D eigenvalue weighted by atomic mass is 10.1. The van der Waals surface area contributed by atoms with E-state index in [-0.39, 0.29) is 11.6 Å². The van der Waals surface area contributed by atoms with Gasteiger partial charge in [-0.1, -0.05) is 41.9 Å². The Morgan fingerprint density at radius 3 is 2.52 bits per heavy atom. The van der Waals surface area contributed by atoms with Gasteiger partial charge in [-0.05, 0) is 49.0 Å². The van der Waals surface area contributed by atoms with Crippen molar-refractivity contribution in [3.63, 3.8) is 0 Å². The van der Waals surface area contributed by atoms with Crippen LogP contribution in [0.1, 0.15) is 24.1 Å². The Kier molecular flexibility index (Phi) is 4.86. The molecule has 0 spiro atoms. The Morgan fingerprint density at radius 2 is 1.81 bits per heavy atom. The molecule has 2 N–H and O–H groups in total. The standard InChI is InChI=1S/C20H19ClN4OS/c1-13(14-5-3-2-4-6-14)24-11-17-18(22-12-24)25(20(27)23-19(17)26)16-9-7-15(21)8-10-16/h2-10,13,22H,11-12H2,1H3,(H,23,26,27)/t13-/m1/s1. The summed E-state index contributed by atoms with van der Waals surface area (Å²) < 4.78 is 2.21. The second-order valence-corrected chi connectivity index (χ2v) is 7.39. The highest BCUT2D eigenvalue weighted by Gasteiger charge is 2.26. The van der Waals surface area contributed by atoms with E-state index in [1.54, 1.807) is 0 Å². The van der Waals surface area contributed by atoms with Gasteiger partial charge in [-0.2, -0.15) is 0 Å². The number of hydrogen-bond acceptors (Lipinski definition) is 4. The normalized spacial score (nSPS) is 15.0. The number of nitrogens with one attached hydrogen (secondary N) is 2. The van der Waals surface area contributed by atoms with E-state index in [0.717, 1.165) is 11.5 Å². The van der Waals surface area contributed by atoms with E-state index in [2.05, 4.69) is 34.3 Å². The minimum absolute atomic E-state index is 0.155. The summed E-state index contributed by atoms with van der Waals surface area (Å²) in [5.74, 6) is 0.739. The first-order valence-corrected chi connectivity index (χ1v) is 9.50. The number of halogens is 1. The minimum atomic E-state index is -0.155. The second-order valence-electron chi connectivity index (χ2n) is 6.57. The lowest BCUT2D eigenvalue weighted by Gasteiger charge is -2.35. The third kappa shape index (κ3) is 3.43. The quantitative estimate of drug-likeness (QED) is 0.638. The van der Waals surface area contributed by atoms with Gasteiger partial charge in [0.15, 0.2) is 4.77 Å². The summed E-state index contributed by atoms with van der Waals surface area (Å²) in [7, 11) is 0. The fraction of sp³-hybridized carbons (Fsp3) is 0.200. The van der Waals surface area contributed by atoms with E-state index in [9.17, 15) is 4.79 Å². The van der Waals surface area contributed by atoms with E-state index in [0.29, 0.717) is 28.6 Å². The fourth-order valence-corrected chi connectivity index (χ4v) is 3.81. The molecular weight excluding hydrogens is 380 g/mol. The third-order valence-electron chi connectivity index (χ3n) is 4.93. The van der Waals surface area contributed by atoms with Gasteiger partial charge in [-0.25, -0.2) is 0 Å². The molecule has 5 nitrogen and oxygen atoms in total. The lowest BCUT2D eigenvalue weighted by Crippen LogP contribution is -2.40. The predicted octanol–water partition coefficient (Wildman–Crippen LogP) is 4.49. The molecule has 0 unspecified atom stereocenters. The highest BCUT2D eigenvalue weighted by molar-refractivity contribution is 7.71. The van der Waals surface area contributed by atoms with Crippen molar-refractivity contribution in [2.24, 2.45) is 0 Å². The Labute approximate surface area is 167 Å². The number of anilines is 1. The molecule has 1 aliphatic rings. The predicted molar refractivity (Wildman–Crippen MR) is 111 cm³/mol. The lowest BCUT2D eigenvalue weighted by molar-refractivity contribution is 0.207. The zero-order chi connectivity index (χ0) is 19.0. The Balaban J connectivity index is 1.74. The molecule has 0 radical (unpaired) electrons. The van der Waals surface area contributed by atoms with Crippen LogP contribution >= 0.6 is 23.8 Å². The van der Waals surface area contributed by atoms with Gasteiger partial charge in [0.1, 0.15) is 5.82 Å². The topological polar surface area (TPSA) is 53.1 Å². The first-order valence-electron chi connectivity index (χ1n) is 8.71. The summed E-state index contributed by atoms with van der Waals surface area (Å²) in [5.41, 5.74) is 2.59. The van der Waals surface area contributed by atoms with Crippen LogP contribution in [0.25, 0.3) is 5.69 Å². The smallest absolute Gasteiger partial charge is 0.258 e. The number of benzene rings is 2. The van der Waals surface area contributed by atoms with Crippen LogP contribution in [-0.4, -0.2) is 21.1 Å². The van der Waals surface area contributed by atoms with Gasteiger partial charge in [0.2, 0.25) is 0 Å². The summed E-state index contributed by atoms with van der Waals surface area (Å²) in [4.78, 5) is 17.6. The van der Waals surface area contributed by atoms with Crippen molar-refractivity contribution in [2.75, 3.05) is 12.0 Å². The van der Waals surface area contributed by atoms with Crippen LogP contribution in [0.2, 0.25) is 5.02 Å². The van der Waals surface area contributed by atoms with Gasteiger partial charge in [-0.15, -0.1) is 0 Å². The summed E-state index contributed by atoms with van der Waals surface area (Å²) in [6.45, 7) is 3.30. The molecule has 138 valence electrons. The van der Waals surface area contributed by atoms with Crippen LogP contribution in [0.3, 0.4) is 0 Å². The molecule has 7 heteroatoms. The number of aromatic amines is 1. The molecular formula is C20H19ClN4OS. The van der Waals surface area contributed by atoms with E-state index in [1.807, 2.05) is 47.0 Å². The third-order valence-corrected chi connectivity index (χ3v) is 5.47. The van der Waals surface area contributed by atoms with Crippen molar-refractivity contribution in [1.29, 1.82) is 0 Å². The highest BCUT2D eigenvalue weighted by atomic mass is 35.5. The molecule has 0 saturated heterocycles. The molecule has 27 heavy (non-hydrogen) atoms. The van der Waals surface area contributed by atoms with Crippen molar-refractivity contribution in [1.82, 2.24) is 14.5 Å².